The first-order chi connectivity index (χ1) is 57.0. The quantitative estimate of drug-likeness (QED) is 0.227. The zero-order chi connectivity index (χ0) is 85.3. The standard InChI is InChI=1S/3C27H48.C25H44.4C3H8.3CH4/c1-18-20(3)26(24-15-11-7-5-9-13-22(18)24)17-27-21(4)19(2)23-14-10-6-8-12-16-25(23)27;1-18-19(2)27(25-16-12-8-7-9-13-22(18)25)17-26-20(3)23-14-10-5-6-11-15-24(23)21(26)4;1-18-22-13-9-5-6-10-14-23(22)19(2)26(18)17-27-20(3)24-15-11-7-8-12-16-25(24)21(27)4;1-16-17(2)25(23-14-10-6-7-11-20(16)23)15-24-18(3)21-12-8-5-9-13-22(21)19(24)4;4*1-3-2;;;/h3*18-27H,5-17H2,1-4H3;16-25H,5-15H2,1-4H3;4*3H2,1-2H3;3*1H4. The van der Waals surface area contributed by atoms with Crippen LogP contribution in [-0.4, -0.2) is 0 Å². The lowest BCUT2D eigenvalue weighted by molar-refractivity contribution is 0.153. The summed E-state index contributed by atoms with van der Waals surface area (Å²) < 4.78 is 0. The topological polar surface area (TPSA) is 0 Å². The van der Waals surface area contributed by atoms with Gasteiger partial charge in [0.1, 0.15) is 0 Å². The number of rotatable bonds is 8. The minimum absolute atomic E-state index is 0. The Morgan fingerprint density at radius 2 is 0.207 bits per heavy atom. The summed E-state index contributed by atoms with van der Waals surface area (Å²) in [5, 5.41) is 0. The van der Waals surface area contributed by atoms with Crippen molar-refractivity contribution in [2.24, 2.45) is 237 Å². The van der Waals surface area contributed by atoms with Crippen LogP contribution >= 0.6 is 0 Å². The van der Waals surface area contributed by atoms with Crippen LogP contribution in [0.25, 0.3) is 0 Å². The molecule has 16 saturated carbocycles. The van der Waals surface area contributed by atoms with Crippen molar-refractivity contribution in [1.82, 2.24) is 0 Å². The van der Waals surface area contributed by atoms with Crippen molar-refractivity contribution in [3.05, 3.63) is 0 Å². The molecule has 0 saturated heterocycles. The Kier molecular flexibility index (Phi) is 50.9. The number of hydrogen-bond donors (Lipinski definition) is 0. The molecular weight excluding hydrogens is 1450 g/mol. The van der Waals surface area contributed by atoms with E-state index in [1.807, 2.05) is 0 Å². The van der Waals surface area contributed by atoms with Gasteiger partial charge in [0.2, 0.25) is 0 Å². The van der Waals surface area contributed by atoms with Crippen molar-refractivity contribution in [2.45, 2.75) is 535 Å². The summed E-state index contributed by atoms with van der Waals surface area (Å²) in [6.45, 7) is 59.4. The molecule has 121 heavy (non-hydrogen) atoms. The highest BCUT2D eigenvalue weighted by Gasteiger charge is 2.57. The Morgan fingerprint density at radius 1 is 0.116 bits per heavy atom. The fourth-order valence-corrected chi connectivity index (χ4v) is 35.6. The van der Waals surface area contributed by atoms with Crippen LogP contribution in [0, 0.1) is 237 Å². The Labute approximate surface area is 766 Å². The summed E-state index contributed by atoms with van der Waals surface area (Å²) in [6, 6.07) is 0. The molecule has 0 aromatic heterocycles. The molecule has 0 heteroatoms. The van der Waals surface area contributed by atoms with Gasteiger partial charge in [0.15, 0.2) is 0 Å². The fraction of sp³-hybridized carbons (Fsp3) is 1.00. The number of fused-ring (bicyclic) bond motifs is 8. The van der Waals surface area contributed by atoms with E-state index in [-0.39, 0.29) is 22.3 Å². The van der Waals surface area contributed by atoms with Crippen LogP contribution in [0.15, 0.2) is 0 Å². The van der Waals surface area contributed by atoms with E-state index < -0.39 is 0 Å². The van der Waals surface area contributed by atoms with Gasteiger partial charge in [0.25, 0.3) is 0 Å². The fourth-order valence-electron chi connectivity index (χ4n) is 35.6. The van der Waals surface area contributed by atoms with E-state index in [2.05, 4.69) is 166 Å². The van der Waals surface area contributed by atoms with E-state index in [4.69, 9.17) is 0 Å². The van der Waals surface area contributed by atoms with Crippen molar-refractivity contribution < 1.29 is 0 Å². The van der Waals surface area contributed by atoms with Crippen LogP contribution in [0.5, 0.6) is 0 Å². The molecule has 16 aliphatic rings. The average Bonchev–Trinajstić information content (AvgIpc) is 1.62. The molecule has 0 radical (unpaired) electrons. The van der Waals surface area contributed by atoms with Gasteiger partial charge >= 0.3 is 0 Å². The van der Waals surface area contributed by atoms with Gasteiger partial charge in [0.05, 0.1) is 0 Å². The molecule has 0 bridgehead atoms. The molecule has 0 nitrogen and oxygen atoms in total. The Hall–Kier alpha value is 0. The van der Waals surface area contributed by atoms with Gasteiger partial charge in [-0.2, -0.15) is 0 Å². The SMILES string of the molecule is C.C.C.CC1C(C)C(CC2C(C)C(C)C3CCCCCCC32)C2CCCCCCC12.CC1C(CC2C(C)C(C)C3CCCCCC32)C(C)C2CCCCCC12.CC1C(CC2C(C)C(C)C3CCCCCCC32)C(C)C2CCCCCCC12.CC1C(CC2C(C)C3CCCCCCC3C2C)C(C)C2CCCCCCC12.CCC.CCC.CCC.CCC. The monoisotopic (exact) mass is 1690 g/mol. The van der Waals surface area contributed by atoms with Crippen LogP contribution in [0.1, 0.15) is 535 Å². The Bertz CT molecular complexity index is 2400. The zero-order valence-electron chi connectivity index (χ0n) is 85.3. The summed E-state index contributed by atoms with van der Waals surface area (Å²) in [7, 11) is 0. The first-order valence-electron chi connectivity index (χ1n) is 57.0. The van der Waals surface area contributed by atoms with Crippen molar-refractivity contribution in [1.29, 1.82) is 0 Å². The maximum absolute atomic E-state index is 2.67. The number of hydrogen-bond acceptors (Lipinski definition) is 0. The lowest BCUT2D eigenvalue weighted by atomic mass is 9.71. The van der Waals surface area contributed by atoms with E-state index in [1.54, 1.807) is 128 Å². The van der Waals surface area contributed by atoms with E-state index in [9.17, 15) is 0 Å². The third-order valence-corrected chi connectivity index (χ3v) is 42.4. The van der Waals surface area contributed by atoms with Crippen molar-refractivity contribution in [3.63, 3.8) is 0 Å². The van der Waals surface area contributed by atoms with Crippen LogP contribution < -0.4 is 0 Å². The highest BCUT2D eigenvalue weighted by Crippen LogP contribution is 2.65. The predicted octanol–water partition coefficient (Wildman–Crippen LogP) is 40.2. The molecule has 0 amide bonds. The van der Waals surface area contributed by atoms with E-state index in [1.165, 1.54) is 218 Å². The second-order valence-corrected chi connectivity index (χ2v) is 48.7. The largest absolute Gasteiger partial charge is 0.0776 e. The molecule has 16 fully saturated rings. The van der Waals surface area contributed by atoms with Crippen LogP contribution in [0.4, 0.5) is 0 Å². The predicted molar refractivity (Wildman–Crippen MR) is 545 cm³/mol. The molecular formula is C121H232. The van der Waals surface area contributed by atoms with Crippen LogP contribution in [0.2, 0.25) is 0 Å². The maximum Gasteiger partial charge on any atom is -0.0352 e. The maximum atomic E-state index is 2.67. The Balaban J connectivity index is 0.000000237. The molecule has 0 spiro atoms. The molecule has 716 valence electrons. The molecule has 0 N–H and O–H groups in total. The molecule has 36 atom stereocenters. The van der Waals surface area contributed by atoms with Gasteiger partial charge in [-0.1, -0.05) is 407 Å². The minimum atomic E-state index is 0. The van der Waals surface area contributed by atoms with Crippen LogP contribution in [-0.2, 0) is 0 Å². The first kappa shape index (κ1) is 110. The smallest absolute Gasteiger partial charge is 0.0352 e. The third kappa shape index (κ3) is 27.6. The molecule has 0 heterocycles. The summed E-state index contributed by atoms with van der Waals surface area (Å²) in [6.07, 6.45) is 81.7. The van der Waals surface area contributed by atoms with Gasteiger partial charge in [0, 0.05) is 0 Å². The summed E-state index contributed by atoms with van der Waals surface area (Å²) in [5.74, 6) is 41.2. The molecule has 0 aromatic rings. The first-order valence-corrected chi connectivity index (χ1v) is 57.0. The van der Waals surface area contributed by atoms with Gasteiger partial charge in [-0.15, -0.1) is 0 Å². The highest BCUT2D eigenvalue weighted by molar-refractivity contribution is 5.06. The molecule has 16 aliphatic carbocycles. The van der Waals surface area contributed by atoms with E-state index in [0.717, 1.165) is 237 Å². The van der Waals surface area contributed by atoms with Gasteiger partial charge in [-0.25, -0.2) is 0 Å². The lowest BCUT2D eigenvalue weighted by Crippen LogP contribution is -2.26. The third-order valence-electron chi connectivity index (χ3n) is 42.4. The second-order valence-electron chi connectivity index (χ2n) is 48.7. The van der Waals surface area contributed by atoms with Gasteiger partial charge in [-0.05, 0) is 365 Å². The molecule has 0 aromatic carbocycles. The zero-order valence-corrected chi connectivity index (χ0v) is 85.3. The second kappa shape index (κ2) is 56.1. The van der Waals surface area contributed by atoms with E-state index >= 15 is 0 Å². The van der Waals surface area contributed by atoms with Crippen molar-refractivity contribution >= 4 is 0 Å². The Morgan fingerprint density at radius 3 is 0.339 bits per heavy atom. The van der Waals surface area contributed by atoms with Gasteiger partial charge < -0.3 is 0 Å². The average molecular weight is 1690 g/mol. The van der Waals surface area contributed by atoms with Crippen molar-refractivity contribution in [3.8, 4) is 0 Å². The van der Waals surface area contributed by atoms with Crippen LogP contribution in [0.3, 0.4) is 0 Å². The highest BCUT2D eigenvalue weighted by atomic mass is 14.6. The molecule has 36 unspecified atom stereocenters. The summed E-state index contributed by atoms with van der Waals surface area (Å²) >= 11 is 0. The normalized spacial score (nSPS) is 46.2. The van der Waals surface area contributed by atoms with Gasteiger partial charge in [-0.3, -0.25) is 0 Å². The molecule has 0 aliphatic heterocycles. The van der Waals surface area contributed by atoms with Crippen molar-refractivity contribution in [2.75, 3.05) is 0 Å². The summed E-state index contributed by atoms with van der Waals surface area (Å²) in [4.78, 5) is 0. The lowest BCUT2D eigenvalue weighted by Gasteiger charge is -2.34. The van der Waals surface area contributed by atoms with E-state index in [0.29, 0.717) is 0 Å². The molecule has 16 rings (SSSR count). The minimum Gasteiger partial charge on any atom is -0.0776 e. The summed E-state index contributed by atoms with van der Waals surface area (Å²) in [5.41, 5.74) is 0.